The molecule has 2 N–H and O–H groups in total. The normalized spacial score (nSPS) is 27.3. The molecule has 4 fully saturated rings. The van der Waals surface area contributed by atoms with E-state index in [2.05, 4.69) is 15.4 Å². The summed E-state index contributed by atoms with van der Waals surface area (Å²) in [7, 11) is 0. The lowest BCUT2D eigenvalue weighted by Crippen LogP contribution is -2.46. The average molecular weight is 475 g/mol. The van der Waals surface area contributed by atoms with Crippen LogP contribution in [-0.4, -0.2) is 19.0 Å². The van der Waals surface area contributed by atoms with E-state index in [0.29, 0.717) is 23.4 Å². The van der Waals surface area contributed by atoms with Crippen molar-refractivity contribution in [2.75, 3.05) is 17.2 Å². The molecule has 2 amide bonds. The topological polar surface area (TPSA) is 59.6 Å². The Balaban J connectivity index is 1.07. The smallest absolute Gasteiger partial charge is 0.494 e. The monoisotopic (exact) mass is 474 g/mol. The van der Waals surface area contributed by atoms with Gasteiger partial charge in [-0.3, -0.25) is 0 Å². The number of carbonyl (C=O) groups is 1. The fourth-order valence-corrected chi connectivity index (χ4v) is 6.65. The minimum atomic E-state index is -4.75. The SMILES string of the molecule is O=C(Nc1ccc(OCCC23CC4CC(CC(C4)C2)C3)cc1)Nc1ccc(OC(F)(F)F)cc1. The summed E-state index contributed by atoms with van der Waals surface area (Å²) in [6, 6.07) is 11.6. The number of urea groups is 1. The lowest BCUT2D eigenvalue weighted by Gasteiger charge is -2.57. The molecule has 4 aliphatic carbocycles. The maximum Gasteiger partial charge on any atom is 0.573 e. The second-order valence-corrected chi connectivity index (χ2v) is 10.2. The molecule has 0 unspecified atom stereocenters. The van der Waals surface area contributed by atoms with Gasteiger partial charge < -0.3 is 20.1 Å². The van der Waals surface area contributed by atoms with Gasteiger partial charge in [0.1, 0.15) is 11.5 Å². The number of nitrogens with one attached hydrogen (secondary N) is 2. The summed E-state index contributed by atoms with van der Waals surface area (Å²) >= 11 is 0. The summed E-state index contributed by atoms with van der Waals surface area (Å²) in [6.45, 7) is 0.716. The Morgan fingerprint density at radius 3 is 1.76 bits per heavy atom. The molecular weight excluding hydrogens is 445 g/mol. The van der Waals surface area contributed by atoms with Crippen LogP contribution in [0.1, 0.15) is 44.9 Å². The van der Waals surface area contributed by atoms with Crippen LogP contribution in [0.15, 0.2) is 48.5 Å². The Hall–Kier alpha value is -2.90. The first kappa shape index (κ1) is 22.9. The molecule has 34 heavy (non-hydrogen) atoms. The molecule has 4 saturated carbocycles. The maximum atomic E-state index is 12.2. The number of anilines is 2. The van der Waals surface area contributed by atoms with Gasteiger partial charge in [-0.2, -0.15) is 0 Å². The van der Waals surface area contributed by atoms with Gasteiger partial charge in [0.05, 0.1) is 6.61 Å². The summed E-state index contributed by atoms with van der Waals surface area (Å²) in [5.74, 6) is 3.24. The van der Waals surface area contributed by atoms with Crippen LogP contribution in [0.3, 0.4) is 0 Å². The van der Waals surface area contributed by atoms with E-state index in [1.807, 2.05) is 12.1 Å². The molecule has 8 heteroatoms. The molecule has 2 aromatic carbocycles. The fourth-order valence-electron chi connectivity index (χ4n) is 6.65. The van der Waals surface area contributed by atoms with Crippen molar-refractivity contribution in [2.24, 2.45) is 23.2 Å². The summed E-state index contributed by atoms with van der Waals surface area (Å²) in [5.41, 5.74) is 1.42. The number of benzene rings is 2. The molecule has 0 spiro atoms. The zero-order valence-corrected chi connectivity index (χ0v) is 18.9. The average Bonchev–Trinajstić information content (AvgIpc) is 2.74. The van der Waals surface area contributed by atoms with Gasteiger partial charge in [-0.1, -0.05) is 0 Å². The first-order chi connectivity index (χ1) is 16.2. The minimum Gasteiger partial charge on any atom is -0.494 e. The molecule has 0 radical (unpaired) electrons. The summed E-state index contributed by atoms with van der Waals surface area (Å²) < 4.78 is 46.5. The van der Waals surface area contributed by atoms with Crippen LogP contribution >= 0.6 is 0 Å². The van der Waals surface area contributed by atoms with Crippen LogP contribution in [0, 0.1) is 23.2 Å². The molecular formula is C26H29F3N2O3. The third kappa shape index (κ3) is 5.59. The van der Waals surface area contributed by atoms with Crippen molar-refractivity contribution in [3.63, 3.8) is 0 Å². The number of halogens is 3. The molecule has 182 valence electrons. The van der Waals surface area contributed by atoms with Crippen molar-refractivity contribution in [1.82, 2.24) is 0 Å². The molecule has 0 aliphatic heterocycles. The predicted octanol–water partition coefficient (Wildman–Crippen LogP) is 7.21. The van der Waals surface area contributed by atoms with Crippen molar-refractivity contribution in [1.29, 1.82) is 0 Å². The highest BCUT2D eigenvalue weighted by Crippen LogP contribution is 2.61. The molecule has 0 saturated heterocycles. The van der Waals surface area contributed by atoms with E-state index < -0.39 is 12.4 Å². The van der Waals surface area contributed by atoms with Gasteiger partial charge in [-0.05, 0) is 117 Å². The molecule has 0 heterocycles. The molecule has 6 rings (SSSR count). The summed E-state index contributed by atoms with van der Waals surface area (Å²) in [5, 5.41) is 5.27. The van der Waals surface area contributed by atoms with Gasteiger partial charge >= 0.3 is 12.4 Å². The Bertz CT molecular complexity index is 970. The molecule has 5 nitrogen and oxygen atoms in total. The summed E-state index contributed by atoms with van der Waals surface area (Å²) in [6.07, 6.45) is 4.82. The van der Waals surface area contributed by atoms with Crippen molar-refractivity contribution < 1.29 is 27.4 Å². The van der Waals surface area contributed by atoms with E-state index in [4.69, 9.17) is 4.74 Å². The van der Waals surface area contributed by atoms with Gasteiger partial charge in [0.25, 0.3) is 0 Å². The molecule has 0 atom stereocenters. The molecule has 2 aromatic rings. The highest BCUT2D eigenvalue weighted by atomic mass is 19.4. The van der Waals surface area contributed by atoms with Crippen LogP contribution in [0.4, 0.5) is 29.3 Å². The first-order valence-electron chi connectivity index (χ1n) is 11.9. The number of rotatable bonds is 7. The van der Waals surface area contributed by atoms with E-state index >= 15 is 0 Å². The fraction of sp³-hybridized carbons (Fsp3) is 0.500. The van der Waals surface area contributed by atoms with Crippen LogP contribution in [0.2, 0.25) is 0 Å². The van der Waals surface area contributed by atoms with E-state index in [1.54, 1.807) is 12.1 Å². The van der Waals surface area contributed by atoms with Crippen molar-refractivity contribution in [2.45, 2.75) is 51.3 Å². The van der Waals surface area contributed by atoms with Gasteiger partial charge in [-0.25, -0.2) is 4.79 Å². The minimum absolute atomic E-state index is 0.344. The van der Waals surface area contributed by atoms with Crippen LogP contribution in [0.25, 0.3) is 0 Å². The zero-order chi connectivity index (χ0) is 23.8. The van der Waals surface area contributed by atoms with Crippen molar-refractivity contribution >= 4 is 17.4 Å². The van der Waals surface area contributed by atoms with E-state index in [9.17, 15) is 18.0 Å². The Morgan fingerprint density at radius 1 is 0.824 bits per heavy atom. The quantitative estimate of drug-likeness (QED) is 0.446. The molecule has 0 aromatic heterocycles. The Kier molecular flexibility index (Phi) is 6.08. The van der Waals surface area contributed by atoms with Gasteiger partial charge in [-0.15, -0.1) is 13.2 Å². The summed E-state index contributed by atoms with van der Waals surface area (Å²) in [4.78, 5) is 12.2. The predicted molar refractivity (Wildman–Crippen MR) is 123 cm³/mol. The zero-order valence-electron chi connectivity index (χ0n) is 18.9. The molecule has 4 bridgehead atoms. The number of amides is 2. The van der Waals surface area contributed by atoms with E-state index in [1.165, 1.54) is 50.7 Å². The number of carbonyl (C=O) groups excluding carboxylic acids is 1. The van der Waals surface area contributed by atoms with Gasteiger partial charge in [0.15, 0.2) is 0 Å². The van der Waals surface area contributed by atoms with E-state index in [-0.39, 0.29) is 5.75 Å². The Morgan fingerprint density at radius 2 is 1.29 bits per heavy atom. The van der Waals surface area contributed by atoms with Crippen LogP contribution in [-0.2, 0) is 0 Å². The highest BCUT2D eigenvalue weighted by molar-refractivity contribution is 5.99. The number of hydrogen-bond donors (Lipinski definition) is 2. The molecule has 4 aliphatic rings. The first-order valence-corrected chi connectivity index (χ1v) is 11.9. The Labute approximate surface area is 197 Å². The second kappa shape index (κ2) is 9.04. The second-order valence-electron chi connectivity index (χ2n) is 10.2. The largest absolute Gasteiger partial charge is 0.573 e. The number of alkyl halides is 3. The third-order valence-corrected chi connectivity index (χ3v) is 7.52. The number of hydrogen-bond acceptors (Lipinski definition) is 3. The standard InChI is InChI=1S/C26H29F3N2O3/c27-26(28,29)34-23-7-3-21(4-8-23)31-24(32)30-20-1-5-22(6-2-20)33-10-9-25-14-17-11-18(15-25)13-19(12-17)16-25/h1-8,17-19H,9-16H2,(H2,30,31,32). The maximum absolute atomic E-state index is 12.2. The third-order valence-electron chi connectivity index (χ3n) is 7.52. The lowest BCUT2D eigenvalue weighted by molar-refractivity contribution is -0.274. The van der Waals surface area contributed by atoms with Gasteiger partial charge in [0, 0.05) is 11.4 Å². The van der Waals surface area contributed by atoms with E-state index in [0.717, 1.165) is 42.1 Å². The lowest BCUT2D eigenvalue weighted by atomic mass is 9.49. The van der Waals surface area contributed by atoms with Crippen molar-refractivity contribution in [3.8, 4) is 11.5 Å². The van der Waals surface area contributed by atoms with Crippen LogP contribution < -0.4 is 20.1 Å². The van der Waals surface area contributed by atoms with Gasteiger partial charge in [0.2, 0.25) is 0 Å². The highest BCUT2D eigenvalue weighted by Gasteiger charge is 2.50. The van der Waals surface area contributed by atoms with Crippen LogP contribution in [0.5, 0.6) is 11.5 Å². The van der Waals surface area contributed by atoms with Crippen molar-refractivity contribution in [3.05, 3.63) is 48.5 Å². The number of ether oxygens (including phenoxy) is 2.